The third-order valence-corrected chi connectivity index (χ3v) is 2.70. The van der Waals surface area contributed by atoms with E-state index in [0.29, 0.717) is 5.88 Å². The Kier molecular flexibility index (Phi) is 4.86. The summed E-state index contributed by atoms with van der Waals surface area (Å²) in [5.41, 5.74) is -0.338. The molecule has 0 aliphatic heterocycles. The van der Waals surface area contributed by atoms with Gasteiger partial charge in [0, 0.05) is 24.7 Å². The van der Waals surface area contributed by atoms with Gasteiger partial charge in [0.15, 0.2) is 0 Å². The van der Waals surface area contributed by atoms with Gasteiger partial charge in [-0.15, -0.1) is 0 Å². The second-order valence-corrected chi connectivity index (χ2v) is 4.81. The van der Waals surface area contributed by atoms with Crippen molar-refractivity contribution >= 4 is 11.9 Å². The molecule has 0 aliphatic carbocycles. The number of amides is 1. The maximum atomic E-state index is 11.7. The Hall–Kier alpha value is -2.11. The molecule has 0 saturated carbocycles. The predicted molar refractivity (Wildman–Crippen MR) is 68.7 cm³/mol. The lowest BCUT2D eigenvalue weighted by atomic mass is 9.89. The van der Waals surface area contributed by atoms with Crippen LogP contribution in [0.15, 0.2) is 18.3 Å². The van der Waals surface area contributed by atoms with Crippen molar-refractivity contribution in [3.8, 4) is 5.88 Å². The van der Waals surface area contributed by atoms with Crippen LogP contribution in [0.25, 0.3) is 0 Å². The van der Waals surface area contributed by atoms with E-state index in [1.54, 1.807) is 18.3 Å². The van der Waals surface area contributed by atoms with E-state index in [0.717, 1.165) is 5.56 Å². The van der Waals surface area contributed by atoms with E-state index >= 15 is 0 Å². The van der Waals surface area contributed by atoms with Crippen LogP contribution in [0.2, 0.25) is 0 Å². The number of methoxy groups -OCH3 is 1. The van der Waals surface area contributed by atoms with Gasteiger partial charge in [-0.25, -0.2) is 4.98 Å². The minimum Gasteiger partial charge on any atom is -0.481 e. The number of carboxylic acids is 1. The molecule has 1 heterocycles. The molecular weight excluding hydrogens is 248 g/mol. The highest BCUT2D eigenvalue weighted by atomic mass is 16.5. The summed E-state index contributed by atoms with van der Waals surface area (Å²) >= 11 is 0. The van der Waals surface area contributed by atoms with Crippen LogP contribution in [0.1, 0.15) is 25.8 Å². The molecule has 104 valence electrons. The zero-order chi connectivity index (χ0) is 14.5. The standard InChI is InChI=1S/C13H18N2O4/c1-13(2,12(17)18)7-10(16)15-8-9-5-4-6-14-11(9)19-3/h4-6H,7-8H2,1-3H3,(H,15,16)(H,17,18). The lowest BCUT2D eigenvalue weighted by molar-refractivity contribution is -0.149. The van der Waals surface area contributed by atoms with Crippen LogP contribution in [-0.4, -0.2) is 29.1 Å². The molecule has 0 saturated heterocycles. The molecule has 2 N–H and O–H groups in total. The third-order valence-electron chi connectivity index (χ3n) is 2.70. The third kappa shape index (κ3) is 4.24. The average Bonchev–Trinajstić information content (AvgIpc) is 2.36. The number of carbonyl (C=O) groups excluding carboxylic acids is 1. The number of pyridine rings is 1. The second kappa shape index (κ2) is 6.17. The van der Waals surface area contributed by atoms with Crippen LogP contribution in [0.4, 0.5) is 0 Å². The number of ether oxygens (including phenoxy) is 1. The smallest absolute Gasteiger partial charge is 0.309 e. The van der Waals surface area contributed by atoms with Crippen LogP contribution < -0.4 is 10.1 Å². The highest BCUT2D eigenvalue weighted by Gasteiger charge is 2.30. The zero-order valence-corrected chi connectivity index (χ0v) is 11.3. The lowest BCUT2D eigenvalue weighted by Gasteiger charge is -2.18. The highest BCUT2D eigenvalue weighted by Crippen LogP contribution is 2.20. The molecule has 1 aromatic rings. The Morgan fingerprint density at radius 3 is 2.74 bits per heavy atom. The number of hydrogen-bond donors (Lipinski definition) is 2. The minimum absolute atomic E-state index is 0.0785. The fraction of sp³-hybridized carbons (Fsp3) is 0.462. The average molecular weight is 266 g/mol. The summed E-state index contributed by atoms with van der Waals surface area (Å²) in [6, 6.07) is 3.53. The summed E-state index contributed by atoms with van der Waals surface area (Å²) in [5.74, 6) is -0.875. The fourth-order valence-electron chi connectivity index (χ4n) is 1.48. The van der Waals surface area contributed by atoms with Gasteiger partial charge in [-0.05, 0) is 19.9 Å². The van der Waals surface area contributed by atoms with Crippen LogP contribution in [0, 0.1) is 5.41 Å². The van der Waals surface area contributed by atoms with E-state index in [-0.39, 0.29) is 18.9 Å². The van der Waals surface area contributed by atoms with Gasteiger partial charge in [-0.1, -0.05) is 6.07 Å². The first-order chi connectivity index (χ1) is 8.86. The summed E-state index contributed by atoms with van der Waals surface area (Å²) in [7, 11) is 1.50. The van der Waals surface area contributed by atoms with Crippen molar-refractivity contribution in [2.75, 3.05) is 7.11 Å². The first kappa shape index (κ1) is 14.9. The SMILES string of the molecule is COc1ncccc1CNC(=O)CC(C)(C)C(=O)O. The van der Waals surface area contributed by atoms with Crippen LogP contribution in [-0.2, 0) is 16.1 Å². The van der Waals surface area contributed by atoms with Crippen molar-refractivity contribution in [1.82, 2.24) is 10.3 Å². The Bertz CT molecular complexity index is 471. The number of carbonyl (C=O) groups is 2. The van der Waals surface area contributed by atoms with Gasteiger partial charge >= 0.3 is 5.97 Å². The molecule has 0 fully saturated rings. The minimum atomic E-state index is -1.08. The molecule has 0 aromatic carbocycles. The summed E-state index contributed by atoms with van der Waals surface area (Å²) in [4.78, 5) is 26.6. The number of carboxylic acid groups (broad SMARTS) is 1. The van der Waals surface area contributed by atoms with Gasteiger partial charge in [0.1, 0.15) is 0 Å². The topological polar surface area (TPSA) is 88.5 Å². The van der Waals surface area contributed by atoms with E-state index in [1.165, 1.54) is 21.0 Å². The molecule has 0 spiro atoms. The van der Waals surface area contributed by atoms with Crippen LogP contribution >= 0.6 is 0 Å². The Balaban J connectivity index is 2.58. The second-order valence-electron chi connectivity index (χ2n) is 4.81. The molecule has 6 nitrogen and oxygen atoms in total. The van der Waals surface area contributed by atoms with Gasteiger partial charge in [-0.2, -0.15) is 0 Å². The molecule has 6 heteroatoms. The summed E-state index contributed by atoms with van der Waals surface area (Å²) in [6.45, 7) is 3.28. The molecule has 0 aliphatic rings. The van der Waals surface area contributed by atoms with Crippen molar-refractivity contribution in [2.24, 2.45) is 5.41 Å². The van der Waals surface area contributed by atoms with E-state index in [9.17, 15) is 9.59 Å². The van der Waals surface area contributed by atoms with Gasteiger partial charge in [0.2, 0.25) is 11.8 Å². The van der Waals surface area contributed by atoms with Crippen LogP contribution in [0.5, 0.6) is 5.88 Å². The maximum Gasteiger partial charge on any atom is 0.309 e. The number of rotatable bonds is 6. The lowest BCUT2D eigenvalue weighted by Crippen LogP contribution is -2.33. The van der Waals surface area contributed by atoms with E-state index in [4.69, 9.17) is 9.84 Å². The largest absolute Gasteiger partial charge is 0.481 e. The van der Waals surface area contributed by atoms with Crippen LogP contribution in [0.3, 0.4) is 0 Å². The summed E-state index contributed by atoms with van der Waals surface area (Å²) < 4.78 is 5.06. The van der Waals surface area contributed by atoms with Crippen molar-refractivity contribution in [3.63, 3.8) is 0 Å². The Labute approximate surface area is 111 Å². The molecule has 1 rings (SSSR count). The first-order valence-corrected chi connectivity index (χ1v) is 5.85. The quantitative estimate of drug-likeness (QED) is 0.807. The molecule has 19 heavy (non-hydrogen) atoms. The van der Waals surface area contributed by atoms with Crippen molar-refractivity contribution < 1.29 is 19.4 Å². The molecule has 0 atom stereocenters. The van der Waals surface area contributed by atoms with Gasteiger partial charge in [-0.3, -0.25) is 9.59 Å². The number of nitrogens with zero attached hydrogens (tertiary/aromatic N) is 1. The van der Waals surface area contributed by atoms with Gasteiger partial charge in [0.25, 0.3) is 0 Å². The summed E-state index contributed by atoms with van der Waals surface area (Å²) in [6.07, 6.45) is 1.52. The molecule has 0 radical (unpaired) electrons. The number of nitrogens with one attached hydrogen (secondary N) is 1. The van der Waals surface area contributed by atoms with E-state index in [2.05, 4.69) is 10.3 Å². The van der Waals surface area contributed by atoms with Crippen molar-refractivity contribution in [1.29, 1.82) is 0 Å². The maximum absolute atomic E-state index is 11.7. The molecule has 0 bridgehead atoms. The molecule has 0 unspecified atom stereocenters. The van der Waals surface area contributed by atoms with Crippen molar-refractivity contribution in [3.05, 3.63) is 23.9 Å². The summed E-state index contributed by atoms with van der Waals surface area (Å²) in [5, 5.41) is 11.6. The first-order valence-electron chi connectivity index (χ1n) is 5.85. The predicted octanol–water partition coefficient (Wildman–Crippen LogP) is 1.21. The van der Waals surface area contributed by atoms with Gasteiger partial charge < -0.3 is 15.2 Å². The molecule has 1 amide bonds. The zero-order valence-electron chi connectivity index (χ0n) is 11.3. The number of hydrogen-bond acceptors (Lipinski definition) is 4. The fourth-order valence-corrected chi connectivity index (χ4v) is 1.48. The Morgan fingerprint density at radius 2 is 2.16 bits per heavy atom. The molecular formula is C13H18N2O4. The highest BCUT2D eigenvalue weighted by molar-refractivity contribution is 5.84. The molecule has 1 aromatic heterocycles. The van der Waals surface area contributed by atoms with E-state index < -0.39 is 11.4 Å². The van der Waals surface area contributed by atoms with Crippen molar-refractivity contribution in [2.45, 2.75) is 26.8 Å². The van der Waals surface area contributed by atoms with E-state index in [1.807, 2.05) is 0 Å². The van der Waals surface area contributed by atoms with Gasteiger partial charge in [0.05, 0.1) is 12.5 Å². The monoisotopic (exact) mass is 266 g/mol. The Morgan fingerprint density at radius 1 is 1.47 bits per heavy atom. The number of aliphatic carboxylic acids is 1. The normalized spacial score (nSPS) is 10.9. The number of aromatic nitrogens is 1.